The van der Waals surface area contributed by atoms with E-state index in [1.54, 1.807) is 24.3 Å². The number of carbonyl (C=O) groups is 3. The Bertz CT molecular complexity index is 791. The number of thioether (sulfide) groups is 1. The van der Waals surface area contributed by atoms with Crippen LogP contribution >= 0.6 is 23.4 Å². The summed E-state index contributed by atoms with van der Waals surface area (Å²) < 4.78 is 0. The Labute approximate surface area is 174 Å². The van der Waals surface area contributed by atoms with E-state index in [0.29, 0.717) is 22.0 Å². The Kier molecular flexibility index (Phi) is 7.15. The van der Waals surface area contributed by atoms with Crippen LogP contribution in [0.25, 0.3) is 6.08 Å². The number of likely N-dealkylation sites (tertiary alicyclic amines) is 1. The second kappa shape index (κ2) is 9.58. The van der Waals surface area contributed by atoms with E-state index >= 15 is 0 Å². The molecule has 0 radical (unpaired) electrons. The van der Waals surface area contributed by atoms with Crippen LogP contribution in [0.1, 0.15) is 25.3 Å². The van der Waals surface area contributed by atoms with Gasteiger partial charge < -0.3 is 5.32 Å². The molecule has 8 heteroatoms. The highest BCUT2D eigenvalue weighted by Gasteiger charge is 2.34. The summed E-state index contributed by atoms with van der Waals surface area (Å²) in [5.41, 5.74) is 0.693. The summed E-state index contributed by atoms with van der Waals surface area (Å²) in [6, 6.07) is 7.15. The van der Waals surface area contributed by atoms with Crippen molar-refractivity contribution in [3.8, 4) is 0 Å². The number of amides is 3. The zero-order valence-corrected chi connectivity index (χ0v) is 17.4. The highest BCUT2D eigenvalue weighted by molar-refractivity contribution is 8.18. The van der Waals surface area contributed by atoms with Gasteiger partial charge in [-0.1, -0.05) is 36.7 Å². The van der Waals surface area contributed by atoms with Crippen molar-refractivity contribution in [2.45, 2.75) is 19.8 Å². The third-order valence-corrected chi connectivity index (χ3v) is 6.22. The lowest BCUT2D eigenvalue weighted by Gasteiger charge is -2.29. The molecule has 1 aromatic rings. The fourth-order valence-corrected chi connectivity index (χ4v) is 4.26. The predicted molar refractivity (Wildman–Crippen MR) is 112 cm³/mol. The van der Waals surface area contributed by atoms with Crippen molar-refractivity contribution < 1.29 is 14.4 Å². The molecule has 0 aromatic heterocycles. The molecule has 0 unspecified atom stereocenters. The van der Waals surface area contributed by atoms with Gasteiger partial charge in [-0.25, -0.2) is 0 Å². The Morgan fingerprint density at radius 1 is 1.29 bits per heavy atom. The maximum atomic E-state index is 12.5. The fraction of sp³-hybridized carbons (Fsp3) is 0.450. The standard InChI is InChI=1S/C20H24ClN3O3S/c1-14-6-9-23(10-7-14)13-18(25)22-8-11-24-19(26)17(28-20(24)27)12-15-4-2-3-5-16(15)21/h2-5,12,14H,6-11,13H2,1H3,(H,22,25)/b17-12-. The molecule has 6 nitrogen and oxygen atoms in total. The summed E-state index contributed by atoms with van der Waals surface area (Å²) in [5, 5.41) is 3.00. The van der Waals surface area contributed by atoms with Gasteiger partial charge in [0.2, 0.25) is 5.91 Å². The first-order chi connectivity index (χ1) is 13.4. The molecule has 0 atom stereocenters. The molecule has 0 aliphatic carbocycles. The smallest absolute Gasteiger partial charge is 0.293 e. The van der Waals surface area contributed by atoms with Crippen molar-refractivity contribution in [2.24, 2.45) is 5.92 Å². The molecule has 150 valence electrons. The molecule has 0 bridgehead atoms. The van der Waals surface area contributed by atoms with Gasteiger partial charge in [0.05, 0.1) is 11.4 Å². The maximum absolute atomic E-state index is 12.5. The Balaban J connectivity index is 1.48. The topological polar surface area (TPSA) is 69.7 Å². The van der Waals surface area contributed by atoms with Crippen LogP contribution in [0.4, 0.5) is 4.79 Å². The molecular weight excluding hydrogens is 398 g/mol. The van der Waals surface area contributed by atoms with Crippen molar-refractivity contribution in [3.63, 3.8) is 0 Å². The fourth-order valence-electron chi connectivity index (χ4n) is 3.21. The molecule has 28 heavy (non-hydrogen) atoms. The average Bonchev–Trinajstić information content (AvgIpc) is 2.93. The lowest BCUT2D eigenvalue weighted by Crippen LogP contribution is -2.43. The maximum Gasteiger partial charge on any atom is 0.293 e. The van der Waals surface area contributed by atoms with Crippen molar-refractivity contribution in [3.05, 3.63) is 39.8 Å². The van der Waals surface area contributed by atoms with Crippen molar-refractivity contribution in [1.29, 1.82) is 0 Å². The van der Waals surface area contributed by atoms with Gasteiger partial charge in [-0.05, 0) is 61.3 Å². The molecule has 2 aliphatic heterocycles. The first-order valence-electron chi connectivity index (χ1n) is 9.43. The first-order valence-corrected chi connectivity index (χ1v) is 10.6. The van der Waals surface area contributed by atoms with Crippen LogP contribution in [0.3, 0.4) is 0 Å². The first kappa shape index (κ1) is 20.9. The van der Waals surface area contributed by atoms with Crippen molar-refractivity contribution in [2.75, 3.05) is 32.7 Å². The zero-order chi connectivity index (χ0) is 20.1. The van der Waals surface area contributed by atoms with E-state index in [2.05, 4.69) is 17.1 Å². The number of rotatable bonds is 6. The van der Waals surface area contributed by atoms with E-state index in [1.165, 1.54) is 0 Å². The van der Waals surface area contributed by atoms with E-state index < -0.39 is 0 Å². The minimum Gasteiger partial charge on any atom is -0.353 e. The molecule has 2 fully saturated rings. The van der Waals surface area contributed by atoms with E-state index in [-0.39, 0.29) is 30.1 Å². The number of halogens is 1. The van der Waals surface area contributed by atoms with Gasteiger partial charge in [0.15, 0.2) is 0 Å². The Morgan fingerprint density at radius 2 is 2.00 bits per heavy atom. The number of piperidine rings is 1. The molecule has 2 heterocycles. The number of nitrogens with zero attached hydrogens (tertiary/aromatic N) is 2. The quantitative estimate of drug-likeness (QED) is 0.714. The zero-order valence-electron chi connectivity index (χ0n) is 15.8. The summed E-state index contributed by atoms with van der Waals surface area (Å²) in [5.74, 6) is 0.291. The summed E-state index contributed by atoms with van der Waals surface area (Å²) >= 11 is 7.01. The molecular formula is C20H24ClN3O3S. The van der Waals surface area contributed by atoms with E-state index in [1.807, 2.05) is 6.07 Å². The molecule has 3 rings (SSSR count). The molecule has 2 aliphatic rings. The summed E-state index contributed by atoms with van der Waals surface area (Å²) in [7, 11) is 0. The van der Waals surface area contributed by atoms with Gasteiger partial charge in [0, 0.05) is 18.1 Å². The lowest BCUT2D eigenvalue weighted by molar-refractivity contribution is -0.125. The molecule has 1 N–H and O–H groups in total. The molecule has 0 spiro atoms. The highest BCUT2D eigenvalue weighted by Crippen LogP contribution is 2.33. The third kappa shape index (κ3) is 5.37. The number of hydrogen-bond acceptors (Lipinski definition) is 5. The van der Waals surface area contributed by atoms with E-state index in [4.69, 9.17) is 11.6 Å². The Morgan fingerprint density at radius 3 is 2.71 bits per heavy atom. The van der Waals surface area contributed by atoms with Gasteiger partial charge in [0.25, 0.3) is 11.1 Å². The average molecular weight is 422 g/mol. The van der Waals surface area contributed by atoms with E-state index in [9.17, 15) is 14.4 Å². The number of benzene rings is 1. The summed E-state index contributed by atoms with van der Waals surface area (Å²) in [6.07, 6.45) is 3.85. The van der Waals surface area contributed by atoms with Gasteiger partial charge in [-0.15, -0.1) is 0 Å². The summed E-state index contributed by atoms with van der Waals surface area (Å²) in [6.45, 7) is 4.87. The Hall–Kier alpha value is -1.83. The number of nitrogens with one attached hydrogen (secondary N) is 1. The van der Waals surface area contributed by atoms with Gasteiger partial charge in [0.1, 0.15) is 0 Å². The van der Waals surface area contributed by atoms with Gasteiger partial charge >= 0.3 is 0 Å². The summed E-state index contributed by atoms with van der Waals surface area (Å²) in [4.78, 5) is 40.4. The predicted octanol–water partition coefficient (Wildman–Crippen LogP) is 3.22. The highest BCUT2D eigenvalue weighted by atomic mass is 35.5. The monoisotopic (exact) mass is 421 g/mol. The van der Waals surface area contributed by atoms with E-state index in [0.717, 1.165) is 48.5 Å². The molecule has 2 saturated heterocycles. The number of imide groups is 1. The number of hydrogen-bond donors (Lipinski definition) is 1. The van der Waals surface area contributed by atoms with Crippen molar-refractivity contribution in [1.82, 2.24) is 15.1 Å². The van der Waals surface area contributed by atoms with Crippen LogP contribution in [0.5, 0.6) is 0 Å². The second-order valence-corrected chi connectivity index (χ2v) is 8.56. The van der Waals surface area contributed by atoms with Crippen molar-refractivity contribution >= 4 is 46.5 Å². The van der Waals surface area contributed by atoms with Crippen LogP contribution < -0.4 is 5.32 Å². The van der Waals surface area contributed by atoms with Crippen LogP contribution in [0.15, 0.2) is 29.2 Å². The van der Waals surface area contributed by atoms with Crippen LogP contribution in [0, 0.1) is 5.92 Å². The second-order valence-electron chi connectivity index (χ2n) is 7.16. The number of carbonyl (C=O) groups excluding carboxylic acids is 3. The minimum atomic E-state index is -0.353. The van der Waals surface area contributed by atoms with Gasteiger partial charge in [-0.2, -0.15) is 0 Å². The van der Waals surface area contributed by atoms with Gasteiger partial charge in [-0.3, -0.25) is 24.2 Å². The molecule has 0 saturated carbocycles. The minimum absolute atomic E-state index is 0.0758. The molecule has 3 amide bonds. The lowest BCUT2D eigenvalue weighted by atomic mass is 9.99. The molecule has 1 aromatic carbocycles. The van der Waals surface area contributed by atoms with Crippen LogP contribution in [-0.2, 0) is 9.59 Å². The largest absolute Gasteiger partial charge is 0.353 e. The normalized spacial score (nSPS) is 20.2. The SMILES string of the molecule is CC1CCN(CC(=O)NCCN2C(=O)S/C(=C\c3ccccc3Cl)C2=O)CC1. The van der Waals surface area contributed by atoms with Crippen LogP contribution in [0.2, 0.25) is 5.02 Å². The third-order valence-electron chi connectivity index (χ3n) is 4.97. The van der Waals surface area contributed by atoms with Crippen LogP contribution in [-0.4, -0.2) is 59.6 Å².